The van der Waals surface area contributed by atoms with E-state index in [0.29, 0.717) is 30.6 Å². The van der Waals surface area contributed by atoms with E-state index >= 15 is 0 Å². The number of nitrogens with zero attached hydrogens (tertiary/aromatic N) is 5. The zero-order valence-corrected chi connectivity index (χ0v) is 21.0. The number of aromatic nitrogens is 4. The third-order valence-electron chi connectivity index (χ3n) is 4.88. The van der Waals surface area contributed by atoms with Crippen molar-refractivity contribution in [1.82, 2.24) is 19.7 Å². The summed E-state index contributed by atoms with van der Waals surface area (Å²) in [6.07, 6.45) is 0. The number of hydrogen-bond acceptors (Lipinski definition) is 10. The summed E-state index contributed by atoms with van der Waals surface area (Å²) >= 11 is 2.69. The molecule has 1 fully saturated rings. The molecule has 33 heavy (non-hydrogen) atoms. The minimum Gasteiger partial charge on any atom is -0.383 e. The van der Waals surface area contributed by atoms with Gasteiger partial charge in [-0.15, -0.1) is 10.2 Å². The van der Waals surface area contributed by atoms with Crippen LogP contribution in [0.25, 0.3) is 0 Å². The van der Waals surface area contributed by atoms with E-state index in [4.69, 9.17) is 10.5 Å². The van der Waals surface area contributed by atoms with Crippen molar-refractivity contribution < 1.29 is 9.53 Å². The van der Waals surface area contributed by atoms with E-state index in [1.54, 1.807) is 0 Å². The van der Waals surface area contributed by atoms with Crippen LogP contribution in [-0.2, 0) is 16.1 Å². The molecule has 3 rings (SSSR count). The smallest absolute Gasteiger partial charge is 0.330 e. The lowest BCUT2D eigenvalue weighted by molar-refractivity contribution is -0.116. The van der Waals surface area contributed by atoms with Crippen molar-refractivity contribution in [3.63, 3.8) is 0 Å². The van der Waals surface area contributed by atoms with Gasteiger partial charge in [-0.3, -0.25) is 19.1 Å². The second kappa shape index (κ2) is 11.2. The van der Waals surface area contributed by atoms with Crippen molar-refractivity contribution in [2.75, 3.05) is 54.1 Å². The lowest BCUT2D eigenvalue weighted by Crippen LogP contribution is -2.43. The number of ether oxygens (including phenoxy) is 1. The Bertz CT molecular complexity index is 1070. The van der Waals surface area contributed by atoms with Crippen LogP contribution in [-0.4, -0.2) is 64.3 Å². The fourth-order valence-corrected chi connectivity index (χ4v) is 5.18. The number of rotatable bonds is 9. The number of aromatic amines is 1. The standard InChI is InChI=1S/C20H31N7O4S2/c1-12(2)9-26(15-16(21)27(10-13(3)4)18(30)22-17(15)29)14(28)11-32-20-24-23-19(33-20)25-5-7-31-8-6-25/h12-13H,5-11,21H2,1-4H3,(H,22,29,30). The van der Waals surface area contributed by atoms with Crippen molar-refractivity contribution in [1.29, 1.82) is 0 Å². The molecule has 13 heteroatoms. The lowest BCUT2D eigenvalue weighted by Gasteiger charge is -2.26. The van der Waals surface area contributed by atoms with E-state index in [1.165, 1.54) is 32.6 Å². The summed E-state index contributed by atoms with van der Waals surface area (Å²) in [7, 11) is 0. The van der Waals surface area contributed by atoms with Gasteiger partial charge >= 0.3 is 5.69 Å². The summed E-state index contributed by atoms with van der Waals surface area (Å²) in [6.45, 7) is 11.2. The maximum atomic E-state index is 13.2. The van der Waals surface area contributed by atoms with E-state index in [-0.39, 0.29) is 35.0 Å². The Labute approximate surface area is 200 Å². The van der Waals surface area contributed by atoms with Crippen LogP contribution >= 0.6 is 23.1 Å². The quantitative estimate of drug-likeness (QED) is 0.490. The predicted octanol–water partition coefficient (Wildman–Crippen LogP) is 1.24. The Morgan fingerprint density at radius 3 is 2.55 bits per heavy atom. The average Bonchev–Trinajstić information content (AvgIpc) is 3.23. The summed E-state index contributed by atoms with van der Waals surface area (Å²) in [4.78, 5) is 44.0. The first-order chi connectivity index (χ1) is 15.7. The van der Waals surface area contributed by atoms with Crippen molar-refractivity contribution in [3.8, 4) is 0 Å². The van der Waals surface area contributed by atoms with Gasteiger partial charge in [0.15, 0.2) is 10.0 Å². The lowest BCUT2D eigenvalue weighted by atomic mass is 10.2. The highest BCUT2D eigenvalue weighted by Gasteiger charge is 2.26. The van der Waals surface area contributed by atoms with Crippen LogP contribution < -0.4 is 26.8 Å². The van der Waals surface area contributed by atoms with E-state index in [9.17, 15) is 14.4 Å². The molecule has 1 saturated heterocycles. The number of H-pyrrole nitrogens is 1. The largest absolute Gasteiger partial charge is 0.383 e. The first-order valence-electron chi connectivity index (χ1n) is 10.9. The van der Waals surface area contributed by atoms with Gasteiger partial charge < -0.3 is 20.3 Å². The van der Waals surface area contributed by atoms with Gasteiger partial charge in [0.1, 0.15) is 5.82 Å². The van der Waals surface area contributed by atoms with Gasteiger partial charge in [-0.1, -0.05) is 50.8 Å². The minimum atomic E-state index is -0.665. The zero-order chi connectivity index (χ0) is 24.1. The number of amides is 1. The number of carbonyl (C=O) groups is 1. The molecule has 0 spiro atoms. The second-order valence-electron chi connectivity index (χ2n) is 8.63. The molecule has 3 heterocycles. The number of nitrogens with two attached hydrogens (primary N) is 1. The van der Waals surface area contributed by atoms with Crippen LogP contribution in [0.15, 0.2) is 13.9 Å². The summed E-state index contributed by atoms with van der Waals surface area (Å²) < 4.78 is 7.34. The highest BCUT2D eigenvalue weighted by Crippen LogP contribution is 2.29. The summed E-state index contributed by atoms with van der Waals surface area (Å²) in [5.41, 5.74) is 5.02. The monoisotopic (exact) mass is 497 g/mol. The van der Waals surface area contributed by atoms with Crippen LogP contribution in [0.3, 0.4) is 0 Å². The van der Waals surface area contributed by atoms with Crippen LogP contribution in [0, 0.1) is 11.8 Å². The van der Waals surface area contributed by atoms with Gasteiger partial charge in [0, 0.05) is 26.2 Å². The maximum Gasteiger partial charge on any atom is 0.330 e. The third kappa shape index (κ3) is 6.36. The fourth-order valence-electron chi connectivity index (χ4n) is 3.41. The Morgan fingerprint density at radius 1 is 1.21 bits per heavy atom. The van der Waals surface area contributed by atoms with Gasteiger partial charge in [0.25, 0.3) is 5.56 Å². The normalized spacial score (nSPS) is 14.3. The molecule has 11 nitrogen and oxygen atoms in total. The molecular weight excluding hydrogens is 466 g/mol. The molecule has 0 bridgehead atoms. The highest BCUT2D eigenvalue weighted by molar-refractivity contribution is 8.01. The van der Waals surface area contributed by atoms with E-state index in [1.807, 2.05) is 27.7 Å². The van der Waals surface area contributed by atoms with Crippen LogP contribution in [0.4, 0.5) is 16.6 Å². The topological polar surface area (TPSA) is 139 Å². The molecule has 1 amide bonds. The Balaban J connectivity index is 1.81. The molecule has 1 aliphatic rings. The van der Waals surface area contributed by atoms with Gasteiger partial charge in [0.2, 0.25) is 11.0 Å². The molecule has 0 aliphatic carbocycles. The molecule has 0 atom stereocenters. The molecule has 182 valence electrons. The molecule has 2 aromatic rings. The maximum absolute atomic E-state index is 13.2. The summed E-state index contributed by atoms with van der Waals surface area (Å²) in [5, 5.41) is 9.22. The van der Waals surface area contributed by atoms with Gasteiger partial charge in [0.05, 0.1) is 19.0 Å². The van der Waals surface area contributed by atoms with Gasteiger partial charge in [-0.05, 0) is 11.8 Å². The zero-order valence-electron chi connectivity index (χ0n) is 19.4. The molecular formula is C20H31N7O4S2. The Kier molecular flexibility index (Phi) is 8.54. The van der Waals surface area contributed by atoms with E-state index in [0.717, 1.165) is 18.2 Å². The van der Waals surface area contributed by atoms with E-state index < -0.39 is 11.2 Å². The Morgan fingerprint density at radius 2 is 1.91 bits per heavy atom. The molecule has 0 saturated carbocycles. The second-order valence-corrected chi connectivity index (χ2v) is 10.8. The van der Waals surface area contributed by atoms with Crippen molar-refractivity contribution in [2.45, 2.75) is 38.6 Å². The number of hydrogen-bond donors (Lipinski definition) is 2. The molecule has 0 aromatic carbocycles. The molecule has 2 aromatic heterocycles. The third-order valence-corrected chi connectivity index (χ3v) is 6.98. The average molecular weight is 498 g/mol. The number of nitrogens with one attached hydrogen (secondary N) is 1. The summed E-state index contributed by atoms with van der Waals surface area (Å²) in [6, 6.07) is 0. The van der Waals surface area contributed by atoms with E-state index in [2.05, 4.69) is 20.1 Å². The predicted molar refractivity (Wildman–Crippen MR) is 131 cm³/mol. The molecule has 1 aliphatic heterocycles. The van der Waals surface area contributed by atoms with Crippen molar-refractivity contribution in [3.05, 3.63) is 20.8 Å². The number of morpholine rings is 1. The number of thioether (sulfide) groups is 1. The van der Waals surface area contributed by atoms with Crippen molar-refractivity contribution in [2.24, 2.45) is 11.8 Å². The van der Waals surface area contributed by atoms with Crippen molar-refractivity contribution >= 4 is 45.6 Å². The fraction of sp³-hybridized carbons (Fsp3) is 0.650. The molecule has 0 unspecified atom stereocenters. The first-order valence-corrected chi connectivity index (χ1v) is 12.7. The van der Waals surface area contributed by atoms with Crippen LogP contribution in [0.5, 0.6) is 0 Å². The minimum absolute atomic E-state index is 0.00182. The van der Waals surface area contributed by atoms with Crippen LogP contribution in [0.1, 0.15) is 27.7 Å². The first kappa shape index (κ1) is 25.2. The number of carbonyl (C=O) groups excluding carboxylic acids is 1. The van der Waals surface area contributed by atoms with Gasteiger partial charge in [-0.2, -0.15) is 0 Å². The molecule has 0 radical (unpaired) electrons. The highest BCUT2D eigenvalue weighted by atomic mass is 32.2. The number of nitrogen functional groups attached to an aromatic ring is 1. The van der Waals surface area contributed by atoms with Gasteiger partial charge in [-0.25, -0.2) is 4.79 Å². The SMILES string of the molecule is CC(C)CN(C(=O)CSc1nnc(N2CCOCC2)s1)c1c(N)n(CC(C)C)c(=O)[nH]c1=O. The van der Waals surface area contributed by atoms with Crippen LogP contribution in [0.2, 0.25) is 0 Å². The summed E-state index contributed by atoms with van der Waals surface area (Å²) in [5.74, 6) is -0.0119. The number of anilines is 3. The Hall–Kier alpha value is -2.38. The molecule has 3 N–H and O–H groups in total.